The number of aryl methyl sites for hydroxylation is 3. The maximum absolute atomic E-state index is 11.8. The zero-order valence-corrected chi connectivity index (χ0v) is 19.4. The number of aliphatic imine (C=N–C) groups is 1. The third kappa shape index (κ3) is 5.52. The number of benzene rings is 2. The van der Waals surface area contributed by atoms with Crippen LogP contribution in [0.15, 0.2) is 58.4 Å². The Balaban J connectivity index is 1.67. The first-order valence-electron chi connectivity index (χ1n) is 10.0. The van der Waals surface area contributed by atoms with Gasteiger partial charge in [0.2, 0.25) is 0 Å². The molecule has 1 aromatic heterocycles. The third-order valence-corrected chi connectivity index (χ3v) is 6.26. The summed E-state index contributed by atoms with van der Waals surface area (Å²) in [6, 6.07) is 15.6. The average molecular weight is 440 g/mol. The predicted octanol–water partition coefficient (Wildman–Crippen LogP) is 3.07. The molecular weight excluding hydrogens is 410 g/mol. The van der Waals surface area contributed by atoms with Gasteiger partial charge in [-0.2, -0.15) is 5.10 Å². The highest BCUT2D eigenvalue weighted by atomic mass is 32.2. The van der Waals surface area contributed by atoms with Crippen molar-refractivity contribution in [2.24, 2.45) is 4.99 Å². The van der Waals surface area contributed by atoms with Crippen molar-refractivity contribution in [1.29, 1.82) is 0 Å². The van der Waals surface area contributed by atoms with Crippen molar-refractivity contribution in [2.45, 2.75) is 38.8 Å². The van der Waals surface area contributed by atoms with Crippen molar-refractivity contribution in [2.75, 3.05) is 13.3 Å². The first kappa shape index (κ1) is 22.6. The van der Waals surface area contributed by atoms with Crippen LogP contribution < -0.4 is 10.6 Å². The minimum absolute atomic E-state index is 0.361. The molecule has 0 radical (unpaired) electrons. The molecule has 3 aromatic rings. The number of nitrogens with one attached hydrogen (secondary N) is 2. The van der Waals surface area contributed by atoms with Gasteiger partial charge in [0.1, 0.15) is 0 Å². The molecule has 3 rings (SSSR count). The van der Waals surface area contributed by atoms with E-state index in [-0.39, 0.29) is 0 Å². The fourth-order valence-electron chi connectivity index (χ4n) is 3.56. The Morgan fingerprint density at radius 3 is 2.35 bits per heavy atom. The monoisotopic (exact) mass is 439 g/mol. The smallest absolute Gasteiger partial charge is 0.191 e. The molecule has 0 bridgehead atoms. The molecular formula is C23H29N5O2S. The van der Waals surface area contributed by atoms with Crippen LogP contribution in [0.5, 0.6) is 0 Å². The van der Waals surface area contributed by atoms with E-state index in [1.54, 1.807) is 13.1 Å². The van der Waals surface area contributed by atoms with Crippen LogP contribution in [0.4, 0.5) is 0 Å². The van der Waals surface area contributed by atoms with Crippen LogP contribution in [0.25, 0.3) is 5.69 Å². The van der Waals surface area contributed by atoms with Crippen molar-refractivity contribution >= 4 is 15.8 Å². The van der Waals surface area contributed by atoms with E-state index in [4.69, 9.17) is 0 Å². The zero-order valence-electron chi connectivity index (χ0n) is 18.6. The molecule has 1 heterocycles. The van der Waals surface area contributed by atoms with Gasteiger partial charge in [-0.25, -0.2) is 13.1 Å². The van der Waals surface area contributed by atoms with E-state index in [0.29, 0.717) is 23.9 Å². The fourth-order valence-corrected chi connectivity index (χ4v) is 4.52. The van der Waals surface area contributed by atoms with Crippen LogP contribution in [0.1, 0.15) is 28.1 Å². The second-order valence-electron chi connectivity index (χ2n) is 7.62. The van der Waals surface area contributed by atoms with E-state index in [1.807, 2.05) is 49.7 Å². The third-order valence-electron chi connectivity index (χ3n) is 5.00. The Hall–Kier alpha value is -3.13. The van der Waals surface area contributed by atoms with Crippen molar-refractivity contribution in [1.82, 2.24) is 20.4 Å². The molecule has 0 saturated heterocycles. The Kier molecular flexibility index (Phi) is 6.80. The standard InChI is InChI=1S/C23H29N5O2S/c1-16-12-19(10-11-22(16)31(5,29)30)14-25-23(24-4)26-15-20-8-6-7-9-21(20)28-18(3)13-17(2)27-28/h6-13H,14-15H2,1-5H3,(H2,24,25,26). The second kappa shape index (κ2) is 9.34. The summed E-state index contributed by atoms with van der Waals surface area (Å²) in [6.45, 7) is 6.95. The highest BCUT2D eigenvalue weighted by Gasteiger charge is 2.12. The molecule has 164 valence electrons. The Bertz CT molecular complexity index is 1210. The number of aromatic nitrogens is 2. The number of para-hydroxylation sites is 1. The van der Waals surface area contributed by atoms with Gasteiger partial charge in [-0.05, 0) is 55.7 Å². The SMILES string of the molecule is CN=C(NCc1ccc(S(C)(=O)=O)c(C)c1)NCc1ccccc1-n1nc(C)cc1C. The molecule has 2 aromatic carbocycles. The topological polar surface area (TPSA) is 88.4 Å². The molecule has 8 heteroatoms. The second-order valence-corrected chi connectivity index (χ2v) is 9.60. The first-order chi connectivity index (χ1) is 14.7. The van der Waals surface area contributed by atoms with E-state index < -0.39 is 9.84 Å². The van der Waals surface area contributed by atoms with Gasteiger partial charge >= 0.3 is 0 Å². The Morgan fingerprint density at radius 2 is 1.74 bits per heavy atom. The van der Waals surface area contributed by atoms with Crippen LogP contribution in [0.2, 0.25) is 0 Å². The molecule has 0 aliphatic heterocycles. The molecule has 0 spiro atoms. The van der Waals surface area contributed by atoms with E-state index in [1.165, 1.54) is 6.26 Å². The lowest BCUT2D eigenvalue weighted by Gasteiger charge is -2.15. The number of sulfone groups is 1. The highest BCUT2D eigenvalue weighted by molar-refractivity contribution is 7.90. The molecule has 0 fully saturated rings. The summed E-state index contributed by atoms with van der Waals surface area (Å²) in [4.78, 5) is 4.66. The molecule has 0 aliphatic rings. The van der Waals surface area contributed by atoms with Crippen LogP contribution >= 0.6 is 0 Å². The molecule has 0 aliphatic carbocycles. The Morgan fingerprint density at radius 1 is 1.03 bits per heavy atom. The maximum atomic E-state index is 11.8. The largest absolute Gasteiger partial charge is 0.352 e. The zero-order chi connectivity index (χ0) is 22.6. The number of nitrogens with zero attached hydrogens (tertiary/aromatic N) is 3. The van der Waals surface area contributed by atoms with Gasteiger partial charge in [0.05, 0.1) is 16.3 Å². The molecule has 0 amide bonds. The van der Waals surface area contributed by atoms with Crippen LogP contribution in [0, 0.1) is 20.8 Å². The van der Waals surface area contributed by atoms with Crippen molar-refractivity contribution < 1.29 is 8.42 Å². The molecule has 31 heavy (non-hydrogen) atoms. The van der Waals surface area contributed by atoms with Crippen molar-refractivity contribution in [3.05, 3.63) is 76.6 Å². The van der Waals surface area contributed by atoms with Gasteiger partial charge in [-0.1, -0.05) is 30.3 Å². The van der Waals surface area contributed by atoms with Gasteiger partial charge in [0.15, 0.2) is 15.8 Å². The number of hydrogen-bond acceptors (Lipinski definition) is 4. The first-order valence-corrected chi connectivity index (χ1v) is 11.9. The lowest BCUT2D eigenvalue weighted by atomic mass is 10.1. The predicted molar refractivity (Wildman–Crippen MR) is 124 cm³/mol. The number of hydrogen-bond donors (Lipinski definition) is 2. The molecule has 0 saturated carbocycles. The minimum Gasteiger partial charge on any atom is -0.352 e. The number of rotatable bonds is 6. The van der Waals surface area contributed by atoms with Gasteiger partial charge < -0.3 is 10.6 Å². The molecule has 7 nitrogen and oxygen atoms in total. The lowest BCUT2D eigenvalue weighted by Crippen LogP contribution is -2.36. The van der Waals surface area contributed by atoms with Gasteiger partial charge in [0, 0.05) is 32.1 Å². The normalized spacial score (nSPS) is 12.1. The van der Waals surface area contributed by atoms with Gasteiger partial charge in [-0.3, -0.25) is 4.99 Å². The summed E-state index contributed by atoms with van der Waals surface area (Å²) >= 11 is 0. The highest BCUT2D eigenvalue weighted by Crippen LogP contribution is 2.18. The van der Waals surface area contributed by atoms with Crippen LogP contribution in [0.3, 0.4) is 0 Å². The number of guanidine groups is 1. The Labute approximate surface area is 184 Å². The van der Waals surface area contributed by atoms with E-state index in [2.05, 4.69) is 38.9 Å². The maximum Gasteiger partial charge on any atom is 0.191 e. The molecule has 2 N–H and O–H groups in total. The van der Waals surface area contributed by atoms with E-state index in [9.17, 15) is 8.42 Å². The summed E-state index contributed by atoms with van der Waals surface area (Å²) in [5.41, 5.74) is 5.92. The fraction of sp³-hybridized carbons (Fsp3) is 0.304. The summed E-state index contributed by atoms with van der Waals surface area (Å²) < 4.78 is 25.6. The van der Waals surface area contributed by atoms with Crippen LogP contribution in [-0.2, 0) is 22.9 Å². The van der Waals surface area contributed by atoms with Gasteiger partial charge in [0.25, 0.3) is 0 Å². The lowest BCUT2D eigenvalue weighted by molar-refractivity contribution is 0.601. The van der Waals surface area contributed by atoms with E-state index in [0.717, 1.165) is 33.8 Å². The van der Waals surface area contributed by atoms with E-state index >= 15 is 0 Å². The average Bonchev–Trinajstić information content (AvgIpc) is 3.05. The van der Waals surface area contributed by atoms with Crippen molar-refractivity contribution in [3.63, 3.8) is 0 Å². The summed E-state index contributed by atoms with van der Waals surface area (Å²) in [6.07, 6.45) is 1.23. The minimum atomic E-state index is -3.22. The van der Waals surface area contributed by atoms with Gasteiger partial charge in [-0.15, -0.1) is 0 Å². The van der Waals surface area contributed by atoms with Crippen molar-refractivity contribution in [3.8, 4) is 5.69 Å². The van der Waals surface area contributed by atoms with Crippen LogP contribution in [-0.4, -0.2) is 37.5 Å². The summed E-state index contributed by atoms with van der Waals surface area (Å²) in [5.74, 6) is 0.660. The quantitative estimate of drug-likeness (QED) is 0.455. The summed E-state index contributed by atoms with van der Waals surface area (Å²) in [5, 5.41) is 11.2. The summed E-state index contributed by atoms with van der Waals surface area (Å²) in [7, 11) is -1.50. The molecule has 0 unspecified atom stereocenters. The molecule has 0 atom stereocenters.